The van der Waals surface area contributed by atoms with E-state index in [-0.39, 0.29) is 0 Å². The standard InChI is InChI=1S/C15H16N6S/c1-9-10(2)19-15(20-11(9)3)18-7-12-8-22-14(21-12)13-16-5-4-6-17-13/h4-6,8H,7H2,1-3H3,(H,18,19,20). The number of nitrogens with zero attached hydrogens (tertiary/aromatic N) is 5. The molecule has 3 rings (SSSR count). The fourth-order valence-electron chi connectivity index (χ4n) is 1.92. The lowest BCUT2D eigenvalue weighted by molar-refractivity contribution is 0.965. The van der Waals surface area contributed by atoms with Gasteiger partial charge in [0.2, 0.25) is 5.95 Å². The van der Waals surface area contributed by atoms with Crippen molar-refractivity contribution in [2.45, 2.75) is 27.3 Å². The molecule has 0 saturated heterocycles. The predicted octanol–water partition coefficient (Wildman–Crippen LogP) is 2.93. The summed E-state index contributed by atoms with van der Waals surface area (Å²) in [6.07, 6.45) is 3.43. The van der Waals surface area contributed by atoms with Crippen molar-refractivity contribution in [2.24, 2.45) is 0 Å². The molecule has 22 heavy (non-hydrogen) atoms. The van der Waals surface area contributed by atoms with Crippen molar-refractivity contribution < 1.29 is 0 Å². The largest absolute Gasteiger partial charge is 0.349 e. The summed E-state index contributed by atoms with van der Waals surface area (Å²) in [6, 6.07) is 1.79. The Morgan fingerprint density at radius 1 is 1.00 bits per heavy atom. The van der Waals surface area contributed by atoms with Crippen LogP contribution in [0.2, 0.25) is 0 Å². The minimum atomic E-state index is 0.575. The molecule has 3 aromatic rings. The van der Waals surface area contributed by atoms with E-state index in [1.54, 1.807) is 18.5 Å². The summed E-state index contributed by atoms with van der Waals surface area (Å²) < 4.78 is 0. The van der Waals surface area contributed by atoms with Crippen LogP contribution in [-0.4, -0.2) is 24.9 Å². The van der Waals surface area contributed by atoms with Crippen LogP contribution >= 0.6 is 11.3 Å². The van der Waals surface area contributed by atoms with Gasteiger partial charge < -0.3 is 5.32 Å². The molecule has 0 fully saturated rings. The molecule has 0 aliphatic rings. The normalized spacial score (nSPS) is 10.7. The Hall–Kier alpha value is -2.41. The molecular weight excluding hydrogens is 296 g/mol. The first-order valence-corrected chi connectivity index (χ1v) is 7.79. The van der Waals surface area contributed by atoms with Crippen molar-refractivity contribution in [1.29, 1.82) is 0 Å². The van der Waals surface area contributed by atoms with Gasteiger partial charge in [-0.15, -0.1) is 11.3 Å². The smallest absolute Gasteiger partial charge is 0.223 e. The van der Waals surface area contributed by atoms with E-state index >= 15 is 0 Å². The average molecular weight is 312 g/mol. The summed E-state index contributed by atoms with van der Waals surface area (Å²) in [7, 11) is 0. The molecule has 112 valence electrons. The van der Waals surface area contributed by atoms with Gasteiger partial charge in [-0.1, -0.05) is 0 Å². The van der Waals surface area contributed by atoms with Crippen LogP contribution in [0.4, 0.5) is 5.95 Å². The molecule has 3 heterocycles. The van der Waals surface area contributed by atoms with E-state index in [4.69, 9.17) is 0 Å². The number of hydrogen-bond donors (Lipinski definition) is 1. The van der Waals surface area contributed by atoms with Crippen molar-refractivity contribution in [3.05, 3.63) is 46.5 Å². The Bertz CT molecular complexity index is 761. The van der Waals surface area contributed by atoms with Crippen LogP contribution in [0.25, 0.3) is 10.8 Å². The van der Waals surface area contributed by atoms with Gasteiger partial charge >= 0.3 is 0 Å². The van der Waals surface area contributed by atoms with E-state index < -0.39 is 0 Å². The summed E-state index contributed by atoms with van der Waals surface area (Å²) in [5.74, 6) is 1.28. The Kier molecular flexibility index (Phi) is 4.06. The van der Waals surface area contributed by atoms with Gasteiger partial charge in [0.1, 0.15) is 0 Å². The highest BCUT2D eigenvalue weighted by atomic mass is 32.1. The third-order valence-electron chi connectivity index (χ3n) is 3.37. The van der Waals surface area contributed by atoms with Gasteiger partial charge in [-0.2, -0.15) is 0 Å². The molecule has 3 aromatic heterocycles. The molecule has 6 nitrogen and oxygen atoms in total. The van der Waals surface area contributed by atoms with Crippen molar-refractivity contribution in [3.63, 3.8) is 0 Å². The van der Waals surface area contributed by atoms with Crippen molar-refractivity contribution in [1.82, 2.24) is 24.9 Å². The highest BCUT2D eigenvalue weighted by Crippen LogP contribution is 2.20. The third kappa shape index (κ3) is 3.09. The van der Waals surface area contributed by atoms with Gasteiger partial charge in [0.05, 0.1) is 12.2 Å². The molecule has 7 heteroatoms. The number of aryl methyl sites for hydroxylation is 2. The number of hydrogen-bond acceptors (Lipinski definition) is 7. The third-order valence-corrected chi connectivity index (χ3v) is 4.26. The predicted molar refractivity (Wildman–Crippen MR) is 86.7 cm³/mol. The van der Waals surface area contributed by atoms with Crippen LogP contribution in [0.5, 0.6) is 0 Å². The molecule has 0 saturated carbocycles. The van der Waals surface area contributed by atoms with Gasteiger partial charge in [0, 0.05) is 29.2 Å². The molecule has 0 aliphatic heterocycles. The maximum atomic E-state index is 4.53. The van der Waals surface area contributed by atoms with Gasteiger partial charge in [-0.05, 0) is 32.4 Å². The van der Waals surface area contributed by atoms with Crippen LogP contribution < -0.4 is 5.32 Å². The number of nitrogens with one attached hydrogen (secondary N) is 1. The van der Waals surface area contributed by atoms with Crippen molar-refractivity contribution >= 4 is 17.3 Å². The summed E-state index contributed by atoms with van der Waals surface area (Å²) in [5.41, 5.74) is 4.04. The highest BCUT2D eigenvalue weighted by molar-refractivity contribution is 7.13. The second kappa shape index (κ2) is 6.15. The molecule has 0 aromatic carbocycles. The molecule has 0 amide bonds. The summed E-state index contributed by atoms with van der Waals surface area (Å²) in [5, 5.41) is 6.02. The average Bonchev–Trinajstić information content (AvgIpc) is 3.00. The lowest BCUT2D eigenvalue weighted by Crippen LogP contribution is -2.07. The molecule has 0 atom stereocenters. The van der Waals surface area contributed by atoms with Gasteiger partial charge in [-0.3, -0.25) is 0 Å². The Morgan fingerprint density at radius 2 is 1.68 bits per heavy atom. The number of thiazole rings is 1. The second-order valence-electron chi connectivity index (χ2n) is 4.91. The minimum absolute atomic E-state index is 0.575. The van der Waals surface area contributed by atoms with Crippen molar-refractivity contribution in [3.8, 4) is 10.8 Å². The van der Waals surface area contributed by atoms with E-state index in [9.17, 15) is 0 Å². The Balaban J connectivity index is 1.71. The number of anilines is 1. The molecule has 0 aliphatic carbocycles. The maximum Gasteiger partial charge on any atom is 0.223 e. The maximum absolute atomic E-state index is 4.53. The Labute approximate surface area is 132 Å². The van der Waals surface area contributed by atoms with Crippen LogP contribution in [0, 0.1) is 20.8 Å². The van der Waals surface area contributed by atoms with Crippen LogP contribution in [0.1, 0.15) is 22.6 Å². The monoisotopic (exact) mass is 312 g/mol. The minimum Gasteiger partial charge on any atom is -0.349 e. The number of rotatable bonds is 4. The zero-order chi connectivity index (χ0) is 15.5. The Morgan fingerprint density at radius 3 is 2.36 bits per heavy atom. The van der Waals surface area contributed by atoms with Crippen LogP contribution in [-0.2, 0) is 6.54 Å². The highest BCUT2D eigenvalue weighted by Gasteiger charge is 2.08. The lowest BCUT2D eigenvalue weighted by atomic mass is 10.2. The van der Waals surface area contributed by atoms with E-state index in [1.807, 2.05) is 26.2 Å². The van der Waals surface area contributed by atoms with E-state index in [0.29, 0.717) is 18.3 Å². The quantitative estimate of drug-likeness (QED) is 0.798. The van der Waals surface area contributed by atoms with Gasteiger partial charge in [0.25, 0.3) is 0 Å². The van der Waals surface area contributed by atoms with Gasteiger partial charge in [0.15, 0.2) is 10.8 Å². The molecule has 0 bridgehead atoms. The molecule has 0 unspecified atom stereocenters. The second-order valence-corrected chi connectivity index (χ2v) is 5.77. The fourth-order valence-corrected chi connectivity index (χ4v) is 2.69. The summed E-state index contributed by atoms with van der Waals surface area (Å²) in [4.78, 5) is 21.8. The first kappa shape index (κ1) is 14.5. The van der Waals surface area contributed by atoms with Crippen molar-refractivity contribution in [2.75, 3.05) is 5.32 Å². The van der Waals surface area contributed by atoms with Gasteiger partial charge in [-0.25, -0.2) is 24.9 Å². The summed E-state index contributed by atoms with van der Waals surface area (Å²) >= 11 is 1.53. The van der Waals surface area contributed by atoms with E-state index in [0.717, 1.165) is 27.7 Å². The molecule has 0 spiro atoms. The van der Waals surface area contributed by atoms with Crippen LogP contribution in [0.3, 0.4) is 0 Å². The number of aromatic nitrogens is 5. The van der Waals surface area contributed by atoms with E-state index in [2.05, 4.69) is 30.2 Å². The summed E-state index contributed by atoms with van der Waals surface area (Å²) in [6.45, 7) is 6.58. The molecule has 0 radical (unpaired) electrons. The fraction of sp³-hybridized carbons (Fsp3) is 0.267. The SMILES string of the molecule is Cc1nc(NCc2csc(-c3ncccn3)n2)nc(C)c1C. The molecular formula is C15H16N6S. The zero-order valence-corrected chi connectivity index (χ0v) is 13.5. The lowest BCUT2D eigenvalue weighted by Gasteiger charge is -2.08. The zero-order valence-electron chi connectivity index (χ0n) is 12.7. The first-order chi connectivity index (χ1) is 10.6. The topological polar surface area (TPSA) is 76.5 Å². The van der Waals surface area contributed by atoms with Crippen LogP contribution in [0.15, 0.2) is 23.8 Å². The first-order valence-electron chi connectivity index (χ1n) is 6.91. The van der Waals surface area contributed by atoms with E-state index in [1.165, 1.54) is 11.3 Å². The molecule has 1 N–H and O–H groups in total.